The van der Waals surface area contributed by atoms with E-state index in [1.807, 2.05) is 0 Å². The fourth-order valence-corrected chi connectivity index (χ4v) is 3.55. The van der Waals surface area contributed by atoms with Gasteiger partial charge in [-0.05, 0) is 30.9 Å². The molecule has 1 aliphatic carbocycles. The first kappa shape index (κ1) is 18.8. The van der Waals surface area contributed by atoms with Gasteiger partial charge < -0.3 is 10.1 Å². The van der Waals surface area contributed by atoms with Crippen LogP contribution in [0, 0.1) is 0 Å². The Balaban J connectivity index is 1.46. The highest BCUT2D eigenvalue weighted by Crippen LogP contribution is 2.25. The number of aromatic nitrogens is 4. The van der Waals surface area contributed by atoms with Crippen molar-refractivity contribution in [3.63, 3.8) is 0 Å². The molecule has 0 saturated carbocycles. The van der Waals surface area contributed by atoms with Crippen LogP contribution in [0.5, 0.6) is 0 Å². The number of benzene rings is 1. The van der Waals surface area contributed by atoms with Crippen LogP contribution in [0.1, 0.15) is 28.5 Å². The minimum atomic E-state index is -0.410. The van der Waals surface area contributed by atoms with Gasteiger partial charge in [-0.15, -0.1) is 0 Å². The lowest BCUT2D eigenvalue weighted by Gasteiger charge is -2.11. The Morgan fingerprint density at radius 1 is 1.24 bits per heavy atom. The maximum Gasteiger partial charge on any atom is 0.327 e. The molecule has 0 amide bonds. The van der Waals surface area contributed by atoms with Crippen LogP contribution in [0.15, 0.2) is 42.9 Å². The van der Waals surface area contributed by atoms with Gasteiger partial charge in [-0.3, -0.25) is 14.3 Å². The molecule has 2 heterocycles. The van der Waals surface area contributed by atoms with Gasteiger partial charge in [0.25, 0.3) is 0 Å². The summed E-state index contributed by atoms with van der Waals surface area (Å²) in [5.74, 6) is 0.130. The van der Waals surface area contributed by atoms with Crippen molar-refractivity contribution in [3.05, 3.63) is 59.7 Å². The molecule has 29 heavy (non-hydrogen) atoms. The first-order valence-corrected chi connectivity index (χ1v) is 9.50. The lowest BCUT2D eigenvalue weighted by atomic mass is 10.1. The van der Waals surface area contributed by atoms with E-state index < -0.39 is 5.97 Å². The molecule has 8 nitrogen and oxygen atoms in total. The summed E-state index contributed by atoms with van der Waals surface area (Å²) in [6.07, 6.45) is 7.46. The number of nitrogens with zero attached hydrogens (tertiary/aromatic N) is 4. The Kier molecular flexibility index (Phi) is 5.33. The molecule has 0 atom stereocenters. The van der Waals surface area contributed by atoms with Gasteiger partial charge in [-0.1, -0.05) is 24.3 Å². The fraction of sp³-hybridized carbons (Fsp3) is 0.286. The summed E-state index contributed by atoms with van der Waals surface area (Å²) >= 11 is 0. The van der Waals surface area contributed by atoms with Crippen LogP contribution in [-0.4, -0.2) is 44.7 Å². The van der Waals surface area contributed by atoms with E-state index in [-0.39, 0.29) is 18.3 Å². The fourth-order valence-electron chi connectivity index (χ4n) is 3.55. The van der Waals surface area contributed by atoms with Gasteiger partial charge in [0.1, 0.15) is 12.2 Å². The number of hydrogen-bond acceptors (Lipinski definition) is 7. The van der Waals surface area contributed by atoms with Crippen LogP contribution in [-0.2, 0) is 28.9 Å². The molecule has 3 aromatic rings. The Labute approximate surface area is 167 Å². The van der Waals surface area contributed by atoms with E-state index in [9.17, 15) is 9.59 Å². The van der Waals surface area contributed by atoms with Gasteiger partial charge in [0.2, 0.25) is 5.95 Å². The molecule has 0 spiro atoms. The first-order valence-electron chi connectivity index (χ1n) is 9.50. The molecule has 148 valence electrons. The second kappa shape index (κ2) is 8.22. The summed E-state index contributed by atoms with van der Waals surface area (Å²) in [6, 6.07) is 8.67. The molecule has 1 N–H and O–H groups in total. The van der Waals surface area contributed by atoms with Crippen molar-refractivity contribution in [2.75, 3.05) is 11.9 Å². The Hall–Kier alpha value is -3.55. The number of aldehydes is 1. The molecule has 0 aliphatic heterocycles. The van der Waals surface area contributed by atoms with E-state index in [0.717, 1.165) is 12.8 Å². The Morgan fingerprint density at radius 3 is 2.55 bits per heavy atom. The van der Waals surface area contributed by atoms with Crippen molar-refractivity contribution in [3.8, 4) is 11.1 Å². The van der Waals surface area contributed by atoms with Crippen LogP contribution >= 0.6 is 0 Å². The second-order valence-electron chi connectivity index (χ2n) is 6.86. The average molecular weight is 391 g/mol. The van der Waals surface area contributed by atoms with Gasteiger partial charge in [-0.25, -0.2) is 9.97 Å². The zero-order valence-corrected chi connectivity index (χ0v) is 16.0. The second-order valence-corrected chi connectivity index (χ2v) is 6.86. The zero-order valence-electron chi connectivity index (χ0n) is 16.0. The number of rotatable bonds is 7. The number of fused-ring (bicyclic) bond motifs is 1. The van der Waals surface area contributed by atoms with Crippen molar-refractivity contribution in [1.29, 1.82) is 0 Å². The molecule has 1 aromatic carbocycles. The molecule has 8 heteroatoms. The normalized spacial score (nSPS) is 13.1. The summed E-state index contributed by atoms with van der Waals surface area (Å²) in [4.78, 5) is 31.8. The van der Waals surface area contributed by atoms with E-state index in [1.165, 1.54) is 15.8 Å². The molecular formula is C21H21N5O3. The Bertz CT molecular complexity index is 1000. The van der Waals surface area contributed by atoms with E-state index in [0.29, 0.717) is 30.0 Å². The van der Waals surface area contributed by atoms with Gasteiger partial charge >= 0.3 is 5.97 Å². The quantitative estimate of drug-likeness (QED) is 0.487. The topological polar surface area (TPSA) is 99.0 Å². The van der Waals surface area contributed by atoms with Crippen LogP contribution in [0.25, 0.3) is 11.1 Å². The molecule has 0 radical (unpaired) electrons. The highest BCUT2D eigenvalue weighted by atomic mass is 16.5. The van der Waals surface area contributed by atoms with E-state index in [2.05, 4.69) is 44.6 Å². The third-order valence-electron chi connectivity index (χ3n) is 4.85. The smallest absolute Gasteiger partial charge is 0.327 e. The summed E-state index contributed by atoms with van der Waals surface area (Å²) in [6.45, 7) is 1.97. The van der Waals surface area contributed by atoms with Crippen LogP contribution in [0.3, 0.4) is 0 Å². The third-order valence-corrected chi connectivity index (χ3v) is 4.85. The zero-order chi connectivity index (χ0) is 20.2. The van der Waals surface area contributed by atoms with E-state index in [1.54, 1.807) is 25.5 Å². The average Bonchev–Trinajstić information content (AvgIpc) is 3.32. The van der Waals surface area contributed by atoms with E-state index in [4.69, 9.17) is 4.74 Å². The summed E-state index contributed by atoms with van der Waals surface area (Å²) in [7, 11) is 0. The van der Waals surface area contributed by atoms with Crippen molar-refractivity contribution < 1.29 is 14.3 Å². The lowest BCUT2D eigenvalue weighted by Crippen LogP contribution is -2.20. The van der Waals surface area contributed by atoms with Crippen LogP contribution < -0.4 is 5.32 Å². The minimum absolute atomic E-state index is 0.0581. The van der Waals surface area contributed by atoms with Gasteiger partial charge in [0.05, 0.1) is 6.61 Å². The molecule has 0 bridgehead atoms. The number of hydrogen-bond donors (Lipinski definition) is 1. The van der Waals surface area contributed by atoms with Gasteiger partial charge in [0.15, 0.2) is 6.29 Å². The Morgan fingerprint density at radius 2 is 1.93 bits per heavy atom. The maximum atomic E-state index is 11.6. The number of esters is 1. The monoisotopic (exact) mass is 391 g/mol. The summed E-state index contributed by atoms with van der Waals surface area (Å²) < 4.78 is 6.30. The van der Waals surface area contributed by atoms with Crippen molar-refractivity contribution in [1.82, 2.24) is 19.7 Å². The molecule has 0 fully saturated rings. The number of anilines is 1. The number of ether oxygens (including phenoxy) is 1. The molecule has 4 rings (SSSR count). The van der Waals surface area contributed by atoms with Crippen LogP contribution in [0.2, 0.25) is 0 Å². The molecular weight excluding hydrogens is 370 g/mol. The highest BCUT2D eigenvalue weighted by Gasteiger charge is 2.21. The summed E-state index contributed by atoms with van der Waals surface area (Å²) in [5, 5.41) is 7.50. The van der Waals surface area contributed by atoms with Crippen molar-refractivity contribution in [2.45, 2.75) is 32.4 Å². The largest absolute Gasteiger partial charge is 0.465 e. The van der Waals surface area contributed by atoms with Crippen LogP contribution in [0.4, 0.5) is 5.95 Å². The number of carbonyl (C=O) groups excluding carboxylic acids is 2. The van der Waals surface area contributed by atoms with Crippen molar-refractivity contribution in [2.24, 2.45) is 0 Å². The standard InChI is InChI=1S/C21H21N5O3/c1-2-29-20(28)12-26-11-18(19(13-27)25-26)16-9-22-21(23-10-16)24-17-7-14-5-3-4-6-15(14)8-17/h3-6,9-11,13,17H,2,7-8,12H2,1H3,(H,22,23,24). The number of carbonyl (C=O) groups is 2. The first-order chi connectivity index (χ1) is 14.2. The highest BCUT2D eigenvalue weighted by molar-refractivity contribution is 5.84. The predicted octanol–water partition coefficient (Wildman–Crippen LogP) is 2.29. The molecule has 0 saturated heterocycles. The summed E-state index contributed by atoms with van der Waals surface area (Å²) in [5.41, 5.74) is 4.16. The van der Waals surface area contributed by atoms with E-state index >= 15 is 0 Å². The predicted molar refractivity (Wildman–Crippen MR) is 107 cm³/mol. The molecule has 1 aliphatic rings. The molecule has 2 aromatic heterocycles. The van der Waals surface area contributed by atoms with Crippen molar-refractivity contribution >= 4 is 18.2 Å². The maximum absolute atomic E-state index is 11.6. The third kappa shape index (κ3) is 4.16. The lowest BCUT2D eigenvalue weighted by molar-refractivity contribution is -0.144. The SMILES string of the molecule is CCOC(=O)Cn1cc(-c2cnc(NC3Cc4ccccc4C3)nc2)c(C=O)n1. The minimum Gasteiger partial charge on any atom is -0.465 e. The number of nitrogens with one attached hydrogen (secondary N) is 1. The van der Waals surface area contributed by atoms with Gasteiger partial charge in [-0.2, -0.15) is 5.10 Å². The van der Waals surface area contributed by atoms with Gasteiger partial charge in [0, 0.05) is 35.8 Å². The molecule has 0 unspecified atom stereocenters.